The molecule has 1 fully saturated rings. The first-order chi connectivity index (χ1) is 16.2. The van der Waals surface area contributed by atoms with Gasteiger partial charge in [-0.15, -0.1) is 0 Å². The molecule has 1 amide bonds. The van der Waals surface area contributed by atoms with Crippen molar-refractivity contribution in [2.45, 2.75) is 36.0 Å². The molecule has 1 heterocycles. The Morgan fingerprint density at radius 2 is 1.88 bits per heavy atom. The number of carbonyl (C=O) groups excluding carboxylic acids is 1. The highest BCUT2D eigenvalue weighted by atomic mass is 32.2. The molecule has 176 valence electrons. The third-order valence-corrected chi connectivity index (χ3v) is 7.99. The number of nitrogens with one attached hydrogen (secondary N) is 2. The Hall–Kier alpha value is -3.46. The summed E-state index contributed by atoms with van der Waals surface area (Å²) in [6.07, 6.45) is 2.49. The summed E-state index contributed by atoms with van der Waals surface area (Å²) in [6, 6.07) is 12.8. The number of anilines is 2. The quantitative estimate of drug-likeness (QED) is 0.530. The van der Waals surface area contributed by atoms with Gasteiger partial charge in [0, 0.05) is 17.4 Å². The van der Waals surface area contributed by atoms with Crippen LogP contribution in [-0.4, -0.2) is 21.4 Å². The van der Waals surface area contributed by atoms with E-state index < -0.39 is 26.2 Å². The summed E-state index contributed by atoms with van der Waals surface area (Å²) in [5.74, 6) is -1.25. The van der Waals surface area contributed by atoms with E-state index >= 15 is 0 Å². The third kappa shape index (κ3) is 3.69. The van der Waals surface area contributed by atoms with E-state index in [1.807, 2.05) is 0 Å². The molecular weight excluding hydrogens is 462 g/mol. The lowest BCUT2D eigenvalue weighted by Crippen LogP contribution is -2.40. The largest absolute Gasteiger partial charge is 0.497 e. The van der Waals surface area contributed by atoms with Crippen molar-refractivity contribution < 1.29 is 26.7 Å². The van der Waals surface area contributed by atoms with Gasteiger partial charge in [-0.05, 0) is 72.4 Å². The van der Waals surface area contributed by atoms with Crippen LogP contribution in [0.4, 0.5) is 20.2 Å². The molecule has 3 aromatic carbocycles. The van der Waals surface area contributed by atoms with Crippen molar-refractivity contribution in [2.75, 3.05) is 17.1 Å². The zero-order valence-electron chi connectivity index (χ0n) is 18.3. The number of hydrogen-bond donors (Lipinski definition) is 2. The standard InChI is InChI=1S/C25H22F2N2O4S/c1-33-19-6-7-22(21(27)14-19)34(31,32)29-18-12-16(10-15-4-2-5-17(26)11-15)23-20(13-18)25(8-3-9-25)24(30)28-23/h2,4-7,11-14,29H,3,8-10H2,1H3,(H,28,30). The molecule has 6 nitrogen and oxygen atoms in total. The topological polar surface area (TPSA) is 84.5 Å². The van der Waals surface area contributed by atoms with E-state index in [2.05, 4.69) is 10.0 Å². The Morgan fingerprint density at radius 1 is 1.09 bits per heavy atom. The van der Waals surface area contributed by atoms with Gasteiger partial charge in [0.1, 0.15) is 22.3 Å². The van der Waals surface area contributed by atoms with Crippen LogP contribution in [0, 0.1) is 11.6 Å². The fraction of sp³-hybridized carbons (Fsp3) is 0.240. The number of ether oxygens (including phenoxy) is 1. The van der Waals surface area contributed by atoms with Crippen LogP contribution in [0.15, 0.2) is 59.5 Å². The summed E-state index contributed by atoms with van der Waals surface area (Å²) < 4.78 is 61.7. The van der Waals surface area contributed by atoms with Crippen molar-refractivity contribution in [3.05, 3.63) is 82.9 Å². The molecule has 0 aromatic heterocycles. The molecule has 2 N–H and O–H groups in total. The molecule has 2 aliphatic rings. The number of rotatable bonds is 6. The van der Waals surface area contributed by atoms with Crippen molar-refractivity contribution in [2.24, 2.45) is 0 Å². The van der Waals surface area contributed by atoms with E-state index in [4.69, 9.17) is 4.74 Å². The van der Waals surface area contributed by atoms with Crippen LogP contribution in [0.3, 0.4) is 0 Å². The van der Waals surface area contributed by atoms with Crippen molar-refractivity contribution >= 4 is 27.3 Å². The van der Waals surface area contributed by atoms with Gasteiger partial charge < -0.3 is 10.1 Å². The summed E-state index contributed by atoms with van der Waals surface area (Å²) in [5.41, 5.74) is 2.18. The van der Waals surface area contributed by atoms with Crippen molar-refractivity contribution in [1.82, 2.24) is 0 Å². The fourth-order valence-corrected chi connectivity index (χ4v) is 5.81. The van der Waals surface area contributed by atoms with Crippen LogP contribution in [0.25, 0.3) is 0 Å². The van der Waals surface area contributed by atoms with Gasteiger partial charge in [0.15, 0.2) is 0 Å². The average Bonchev–Trinajstić information content (AvgIpc) is 3.05. The van der Waals surface area contributed by atoms with Crippen LogP contribution in [0.5, 0.6) is 5.75 Å². The molecule has 1 aliphatic carbocycles. The van der Waals surface area contributed by atoms with E-state index in [1.165, 1.54) is 25.3 Å². The normalized spacial score (nSPS) is 16.0. The molecule has 5 rings (SSSR count). The average molecular weight is 485 g/mol. The molecule has 0 unspecified atom stereocenters. The predicted octanol–water partition coefficient (Wildman–Crippen LogP) is 4.74. The molecule has 1 aliphatic heterocycles. The highest BCUT2D eigenvalue weighted by Gasteiger charge is 2.51. The van der Waals surface area contributed by atoms with Gasteiger partial charge in [0.2, 0.25) is 5.91 Å². The Labute approximate surface area is 196 Å². The SMILES string of the molecule is COc1ccc(S(=O)(=O)Nc2cc(Cc3cccc(F)c3)c3c(c2)C2(CCC2)C(=O)N3)c(F)c1. The molecule has 0 saturated heterocycles. The van der Waals surface area contributed by atoms with Crippen LogP contribution >= 0.6 is 0 Å². The number of carbonyl (C=O) groups is 1. The van der Waals surface area contributed by atoms with Crippen molar-refractivity contribution in [1.29, 1.82) is 0 Å². The lowest BCUT2D eigenvalue weighted by molar-refractivity contribution is -0.123. The molecule has 0 atom stereocenters. The molecule has 9 heteroatoms. The van der Waals surface area contributed by atoms with Crippen LogP contribution in [0.1, 0.15) is 36.0 Å². The van der Waals surface area contributed by atoms with Gasteiger partial charge in [-0.1, -0.05) is 18.6 Å². The lowest BCUT2D eigenvalue weighted by Gasteiger charge is -2.36. The third-order valence-electron chi connectivity index (χ3n) is 6.58. The van der Waals surface area contributed by atoms with Gasteiger partial charge in [-0.25, -0.2) is 17.2 Å². The number of fused-ring (bicyclic) bond motifs is 2. The molecule has 3 aromatic rings. The van der Waals surface area contributed by atoms with Crippen LogP contribution < -0.4 is 14.8 Å². The molecular formula is C25H22F2N2O4S. The summed E-state index contributed by atoms with van der Waals surface area (Å²) >= 11 is 0. The smallest absolute Gasteiger partial charge is 0.264 e. The first-order valence-corrected chi connectivity index (χ1v) is 12.3. The second kappa shape index (κ2) is 8.09. The van der Waals surface area contributed by atoms with E-state index in [0.717, 1.165) is 18.6 Å². The summed E-state index contributed by atoms with van der Waals surface area (Å²) in [6.45, 7) is 0. The van der Waals surface area contributed by atoms with Gasteiger partial charge >= 0.3 is 0 Å². The van der Waals surface area contributed by atoms with Gasteiger partial charge in [0.25, 0.3) is 10.0 Å². The Bertz CT molecular complexity index is 1420. The minimum absolute atomic E-state index is 0.115. The molecule has 1 saturated carbocycles. The van der Waals surface area contributed by atoms with E-state index in [1.54, 1.807) is 24.3 Å². The van der Waals surface area contributed by atoms with E-state index in [-0.39, 0.29) is 29.6 Å². The number of methoxy groups -OCH3 is 1. The summed E-state index contributed by atoms with van der Waals surface area (Å²) in [5, 5.41) is 2.95. The zero-order chi connectivity index (χ0) is 24.1. The first-order valence-electron chi connectivity index (χ1n) is 10.8. The maximum atomic E-state index is 14.5. The highest BCUT2D eigenvalue weighted by molar-refractivity contribution is 7.92. The van der Waals surface area contributed by atoms with Crippen LogP contribution in [-0.2, 0) is 26.7 Å². The van der Waals surface area contributed by atoms with Crippen LogP contribution in [0.2, 0.25) is 0 Å². The fourth-order valence-electron chi connectivity index (χ4n) is 4.71. The molecule has 0 radical (unpaired) electrons. The van der Waals surface area contributed by atoms with Gasteiger partial charge in [-0.2, -0.15) is 0 Å². The second-order valence-electron chi connectivity index (χ2n) is 8.66. The summed E-state index contributed by atoms with van der Waals surface area (Å²) in [7, 11) is -2.91. The Kier molecular flexibility index (Phi) is 5.31. The second-order valence-corrected chi connectivity index (χ2v) is 10.3. The maximum absolute atomic E-state index is 14.5. The molecule has 0 bridgehead atoms. The van der Waals surface area contributed by atoms with Crippen molar-refractivity contribution in [3.8, 4) is 5.75 Å². The predicted molar refractivity (Wildman–Crippen MR) is 124 cm³/mol. The van der Waals surface area contributed by atoms with E-state index in [0.29, 0.717) is 35.2 Å². The molecule has 34 heavy (non-hydrogen) atoms. The number of sulfonamides is 1. The number of halogens is 2. The lowest BCUT2D eigenvalue weighted by atomic mass is 9.65. The number of amides is 1. The Morgan fingerprint density at radius 3 is 2.53 bits per heavy atom. The highest BCUT2D eigenvalue weighted by Crippen LogP contribution is 2.53. The zero-order valence-corrected chi connectivity index (χ0v) is 19.1. The Balaban J connectivity index is 1.57. The summed E-state index contributed by atoms with van der Waals surface area (Å²) in [4.78, 5) is 12.3. The number of hydrogen-bond acceptors (Lipinski definition) is 4. The molecule has 1 spiro atoms. The minimum atomic E-state index is -4.27. The number of benzene rings is 3. The maximum Gasteiger partial charge on any atom is 0.264 e. The van der Waals surface area contributed by atoms with Crippen molar-refractivity contribution in [3.63, 3.8) is 0 Å². The minimum Gasteiger partial charge on any atom is -0.497 e. The van der Waals surface area contributed by atoms with E-state index in [9.17, 15) is 22.0 Å². The van der Waals surface area contributed by atoms with Gasteiger partial charge in [0.05, 0.1) is 12.5 Å². The first kappa shape index (κ1) is 22.3. The van der Waals surface area contributed by atoms with Gasteiger partial charge in [-0.3, -0.25) is 9.52 Å². The monoisotopic (exact) mass is 484 g/mol.